The number of nitrogens with zero attached hydrogens (tertiary/aromatic N) is 1. The zero-order valence-electron chi connectivity index (χ0n) is 20.4. The molecule has 2 unspecified atom stereocenters. The van der Waals surface area contributed by atoms with Crippen LogP contribution in [0.5, 0.6) is 0 Å². The average molecular weight is 466 g/mol. The number of nitrogens with one attached hydrogen (secondary N) is 2. The third-order valence-corrected chi connectivity index (χ3v) is 4.96. The Kier molecular flexibility index (Phi) is 11.1. The molecular formula is C24H39N3O4S. The van der Waals surface area contributed by atoms with Crippen molar-refractivity contribution in [2.45, 2.75) is 85.0 Å². The van der Waals surface area contributed by atoms with Gasteiger partial charge in [0.15, 0.2) is 0 Å². The molecule has 0 aliphatic heterocycles. The van der Waals surface area contributed by atoms with E-state index in [1.807, 2.05) is 52.0 Å². The predicted octanol–water partition coefficient (Wildman–Crippen LogP) is 4.01. The second-order valence-electron chi connectivity index (χ2n) is 9.24. The summed E-state index contributed by atoms with van der Waals surface area (Å²) in [7, 11) is 0. The van der Waals surface area contributed by atoms with Gasteiger partial charge in [-0.2, -0.15) is 12.6 Å². The van der Waals surface area contributed by atoms with E-state index in [4.69, 9.17) is 4.74 Å². The molecule has 0 spiro atoms. The molecule has 0 saturated heterocycles. The molecule has 0 aromatic heterocycles. The Labute approximate surface area is 198 Å². The van der Waals surface area contributed by atoms with Crippen molar-refractivity contribution in [3.05, 3.63) is 35.4 Å². The number of alkyl carbamates (subject to hydrolysis) is 1. The van der Waals surface area contributed by atoms with Crippen molar-refractivity contribution in [2.24, 2.45) is 0 Å². The fourth-order valence-corrected chi connectivity index (χ4v) is 3.36. The van der Waals surface area contributed by atoms with Gasteiger partial charge in [0.1, 0.15) is 17.7 Å². The standard InChI is InChI=1S/C24H39N3O4S/c1-8-9-14-27(22(29)19(15-32)26-23(30)31-24(5,6)7)20(21(28)25-16(2)3)18-12-10-17(4)11-13-18/h10-13,16,19-20,32H,8-9,14-15H2,1-7H3,(H,25,28)(H,26,30). The highest BCUT2D eigenvalue weighted by molar-refractivity contribution is 7.80. The Morgan fingerprint density at radius 2 is 1.69 bits per heavy atom. The van der Waals surface area contributed by atoms with Gasteiger partial charge in [0.25, 0.3) is 0 Å². The fourth-order valence-electron chi connectivity index (χ4n) is 3.12. The summed E-state index contributed by atoms with van der Waals surface area (Å²) in [5, 5.41) is 5.55. The van der Waals surface area contributed by atoms with Crippen LogP contribution in [0.4, 0.5) is 4.79 Å². The van der Waals surface area contributed by atoms with E-state index in [1.165, 1.54) is 0 Å². The third-order valence-electron chi connectivity index (χ3n) is 4.59. The number of thiol groups is 1. The van der Waals surface area contributed by atoms with Crippen LogP contribution >= 0.6 is 12.6 Å². The van der Waals surface area contributed by atoms with Crippen LogP contribution in [0.15, 0.2) is 24.3 Å². The van der Waals surface area contributed by atoms with Crippen LogP contribution in [0.1, 0.15) is 71.6 Å². The second-order valence-corrected chi connectivity index (χ2v) is 9.61. The summed E-state index contributed by atoms with van der Waals surface area (Å²) in [5.41, 5.74) is 1.08. The minimum Gasteiger partial charge on any atom is -0.444 e. The molecule has 0 bridgehead atoms. The quantitative estimate of drug-likeness (QED) is 0.456. The smallest absolute Gasteiger partial charge is 0.408 e. The van der Waals surface area contributed by atoms with Gasteiger partial charge in [-0.05, 0) is 53.5 Å². The lowest BCUT2D eigenvalue weighted by Gasteiger charge is -2.34. The Bertz CT molecular complexity index is 760. The molecule has 0 fully saturated rings. The molecule has 0 radical (unpaired) electrons. The number of aryl methyl sites for hydroxylation is 1. The summed E-state index contributed by atoms with van der Waals surface area (Å²) in [5.74, 6) is -0.556. The highest BCUT2D eigenvalue weighted by Crippen LogP contribution is 2.24. The van der Waals surface area contributed by atoms with E-state index in [9.17, 15) is 14.4 Å². The SMILES string of the molecule is CCCCN(C(=O)C(CS)NC(=O)OC(C)(C)C)C(C(=O)NC(C)C)c1ccc(C)cc1. The number of amides is 3. The number of hydrogen-bond acceptors (Lipinski definition) is 5. The van der Waals surface area contributed by atoms with E-state index in [0.717, 1.165) is 18.4 Å². The van der Waals surface area contributed by atoms with Crippen molar-refractivity contribution in [1.82, 2.24) is 15.5 Å². The zero-order chi connectivity index (χ0) is 24.5. The van der Waals surface area contributed by atoms with Gasteiger partial charge < -0.3 is 20.3 Å². The van der Waals surface area contributed by atoms with Gasteiger partial charge in [0, 0.05) is 18.3 Å². The summed E-state index contributed by atoms with van der Waals surface area (Å²) in [6, 6.07) is 5.74. The zero-order valence-corrected chi connectivity index (χ0v) is 21.3. The summed E-state index contributed by atoms with van der Waals surface area (Å²) >= 11 is 4.28. The van der Waals surface area contributed by atoms with E-state index in [1.54, 1.807) is 25.7 Å². The molecule has 2 N–H and O–H groups in total. The van der Waals surface area contributed by atoms with E-state index in [-0.39, 0.29) is 23.6 Å². The summed E-state index contributed by atoms with van der Waals surface area (Å²) < 4.78 is 5.31. The van der Waals surface area contributed by atoms with Crippen molar-refractivity contribution in [1.29, 1.82) is 0 Å². The van der Waals surface area contributed by atoms with Crippen LogP contribution in [0.25, 0.3) is 0 Å². The number of carbonyl (C=O) groups excluding carboxylic acids is 3. The molecule has 1 rings (SSSR count). The number of carbonyl (C=O) groups is 3. The van der Waals surface area contributed by atoms with Gasteiger partial charge in [-0.15, -0.1) is 0 Å². The molecule has 0 aliphatic rings. The molecule has 1 aromatic carbocycles. The van der Waals surface area contributed by atoms with Gasteiger partial charge in [-0.25, -0.2) is 4.79 Å². The number of hydrogen-bond donors (Lipinski definition) is 3. The van der Waals surface area contributed by atoms with Gasteiger partial charge in [-0.1, -0.05) is 43.2 Å². The number of benzene rings is 1. The minimum atomic E-state index is -0.926. The van der Waals surface area contributed by atoms with Crippen molar-refractivity contribution in [3.8, 4) is 0 Å². The Morgan fingerprint density at radius 3 is 2.16 bits per heavy atom. The molecule has 2 atom stereocenters. The lowest BCUT2D eigenvalue weighted by molar-refractivity contribution is -0.142. The van der Waals surface area contributed by atoms with E-state index in [2.05, 4.69) is 23.3 Å². The minimum absolute atomic E-state index is 0.0765. The van der Waals surface area contributed by atoms with E-state index >= 15 is 0 Å². The number of rotatable bonds is 10. The second kappa shape index (κ2) is 12.7. The lowest BCUT2D eigenvalue weighted by Crippen LogP contribution is -2.54. The first-order chi connectivity index (χ1) is 14.9. The van der Waals surface area contributed by atoms with Gasteiger partial charge in [0.2, 0.25) is 11.8 Å². The maximum absolute atomic E-state index is 13.6. The molecule has 1 aromatic rings. The Balaban J connectivity index is 3.31. The number of unbranched alkanes of at least 4 members (excludes halogenated alkanes) is 1. The molecule has 3 amide bonds. The highest BCUT2D eigenvalue weighted by atomic mass is 32.1. The van der Waals surface area contributed by atoms with Crippen LogP contribution in [0.2, 0.25) is 0 Å². The van der Waals surface area contributed by atoms with Gasteiger partial charge >= 0.3 is 6.09 Å². The van der Waals surface area contributed by atoms with Crippen LogP contribution in [0, 0.1) is 6.92 Å². The maximum Gasteiger partial charge on any atom is 0.408 e. The third kappa shape index (κ3) is 9.10. The normalized spacial score (nSPS) is 13.3. The molecule has 32 heavy (non-hydrogen) atoms. The van der Waals surface area contributed by atoms with Gasteiger partial charge in [0.05, 0.1) is 0 Å². The Hall–Kier alpha value is -2.22. The first kappa shape index (κ1) is 27.8. The largest absolute Gasteiger partial charge is 0.444 e. The first-order valence-electron chi connectivity index (χ1n) is 11.2. The molecule has 7 nitrogen and oxygen atoms in total. The molecule has 0 saturated carbocycles. The summed E-state index contributed by atoms with van der Waals surface area (Å²) in [4.78, 5) is 40.7. The molecule has 180 valence electrons. The van der Waals surface area contributed by atoms with Crippen molar-refractivity contribution < 1.29 is 19.1 Å². The summed E-state index contributed by atoms with van der Waals surface area (Å²) in [6.45, 7) is 13.4. The summed E-state index contributed by atoms with van der Waals surface area (Å²) in [6.07, 6.45) is 0.870. The van der Waals surface area contributed by atoms with Crippen molar-refractivity contribution in [2.75, 3.05) is 12.3 Å². The van der Waals surface area contributed by atoms with E-state index < -0.39 is 23.8 Å². The lowest BCUT2D eigenvalue weighted by atomic mass is 10.0. The highest BCUT2D eigenvalue weighted by Gasteiger charge is 2.35. The molecule has 0 aliphatic carbocycles. The average Bonchev–Trinajstić information content (AvgIpc) is 2.67. The monoisotopic (exact) mass is 465 g/mol. The van der Waals surface area contributed by atoms with E-state index in [0.29, 0.717) is 12.1 Å². The first-order valence-corrected chi connectivity index (χ1v) is 11.8. The van der Waals surface area contributed by atoms with Crippen molar-refractivity contribution >= 4 is 30.5 Å². The van der Waals surface area contributed by atoms with Gasteiger partial charge in [-0.3, -0.25) is 9.59 Å². The van der Waals surface area contributed by atoms with Crippen LogP contribution in [0.3, 0.4) is 0 Å². The van der Waals surface area contributed by atoms with Crippen LogP contribution in [-0.2, 0) is 14.3 Å². The number of ether oxygens (including phenoxy) is 1. The van der Waals surface area contributed by atoms with Crippen LogP contribution in [-0.4, -0.2) is 52.8 Å². The Morgan fingerprint density at radius 1 is 1.09 bits per heavy atom. The maximum atomic E-state index is 13.6. The fraction of sp³-hybridized carbons (Fsp3) is 0.625. The molecule has 0 heterocycles. The molecule has 8 heteroatoms. The predicted molar refractivity (Wildman–Crippen MR) is 131 cm³/mol. The van der Waals surface area contributed by atoms with Crippen LogP contribution < -0.4 is 10.6 Å². The topological polar surface area (TPSA) is 87.7 Å². The molecular weight excluding hydrogens is 426 g/mol. The van der Waals surface area contributed by atoms with Crippen molar-refractivity contribution in [3.63, 3.8) is 0 Å².